The van der Waals surface area contributed by atoms with Crippen LogP contribution in [0.2, 0.25) is 0 Å². The van der Waals surface area contributed by atoms with E-state index in [0.29, 0.717) is 11.4 Å². The smallest absolute Gasteiger partial charge is 0.207 e. The van der Waals surface area contributed by atoms with E-state index in [0.717, 1.165) is 16.7 Å². The molecule has 1 heterocycles. The Hall–Kier alpha value is -1.17. The first-order valence-corrected chi connectivity index (χ1v) is 8.34. The molecule has 0 spiro atoms. The molecule has 19 heavy (non-hydrogen) atoms. The van der Waals surface area contributed by atoms with E-state index in [9.17, 15) is 8.42 Å². The zero-order valence-electron chi connectivity index (χ0n) is 11.3. The van der Waals surface area contributed by atoms with Gasteiger partial charge in [-0.25, -0.2) is 8.42 Å². The lowest BCUT2D eigenvalue weighted by Gasteiger charge is -2.18. The minimum absolute atomic E-state index is 0.385. The average molecular weight is 295 g/mol. The summed E-state index contributed by atoms with van der Waals surface area (Å²) >= 11 is 1.57. The van der Waals surface area contributed by atoms with Crippen LogP contribution in [0.4, 0.5) is 0 Å². The predicted molar refractivity (Wildman–Crippen MR) is 78.9 cm³/mol. The van der Waals surface area contributed by atoms with Crippen LogP contribution in [0.15, 0.2) is 39.9 Å². The Morgan fingerprint density at radius 1 is 1.21 bits per heavy atom. The van der Waals surface area contributed by atoms with Gasteiger partial charge in [0.2, 0.25) is 10.0 Å². The van der Waals surface area contributed by atoms with Crippen LogP contribution in [-0.4, -0.2) is 19.8 Å². The number of hydrogen-bond acceptors (Lipinski definition) is 3. The molecule has 2 aromatic rings. The molecule has 102 valence electrons. The zero-order chi connectivity index (χ0) is 14.0. The number of thiophene rings is 1. The summed E-state index contributed by atoms with van der Waals surface area (Å²) in [6.45, 7) is 4.19. The Kier molecular flexibility index (Phi) is 4.08. The molecule has 5 heteroatoms. The molecule has 0 saturated carbocycles. The van der Waals surface area contributed by atoms with Gasteiger partial charge in [0.1, 0.15) is 0 Å². The fourth-order valence-corrected chi connectivity index (χ4v) is 4.00. The van der Waals surface area contributed by atoms with Crippen LogP contribution in [-0.2, 0) is 16.6 Å². The molecule has 0 amide bonds. The van der Waals surface area contributed by atoms with E-state index in [4.69, 9.17) is 0 Å². The van der Waals surface area contributed by atoms with Gasteiger partial charge in [-0.15, -0.1) is 0 Å². The maximum absolute atomic E-state index is 12.5. The lowest BCUT2D eigenvalue weighted by Crippen LogP contribution is -2.26. The van der Waals surface area contributed by atoms with Crippen molar-refractivity contribution < 1.29 is 8.42 Å². The lowest BCUT2D eigenvalue weighted by molar-refractivity contribution is 0.467. The molecule has 0 aliphatic carbocycles. The Bertz CT molecular complexity index is 661. The predicted octanol–water partition coefficient (Wildman–Crippen LogP) is 3.19. The van der Waals surface area contributed by atoms with E-state index in [1.54, 1.807) is 24.5 Å². The number of benzene rings is 1. The molecule has 0 radical (unpaired) electrons. The van der Waals surface area contributed by atoms with Gasteiger partial charge in [0, 0.05) is 13.6 Å². The van der Waals surface area contributed by atoms with Crippen LogP contribution in [0.25, 0.3) is 0 Å². The average Bonchev–Trinajstić information content (AvgIpc) is 2.81. The van der Waals surface area contributed by atoms with Crippen molar-refractivity contribution in [3.05, 3.63) is 51.7 Å². The molecule has 2 rings (SSSR count). The highest BCUT2D eigenvalue weighted by atomic mass is 32.2. The maximum Gasteiger partial charge on any atom is 0.243 e. The van der Waals surface area contributed by atoms with Gasteiger partial charge in [0.15, 0.2) is 0 Å². The van der Waals surface area contributed by atoms with E-state index >= 15 is 0 Å². The number of aryl methyl sites for hydroxylation is 2. The van der Waals surface area contributed by atoms with Crippen molar-refractivity contribution in [3.63, 3.8) is 0 Å². The molecule has 0 fully saturated rings. The highest BCUT2D eigenvalue weighted by Crippen LogP contribution is 2.21. The molecule has 0 aliphatic heterocycles. The summed E-state index contributed by atoms with van der Waals surface area (Å²) in [5.41, 5.74) is 2.87. The first kappa shape index (κ1) is 14.2. The van der Waals surface area contributed by atoms with Crippen LogP contribution < -0.4 is 0 Å². The van der Waals surface area contributed by atoms with Crippen molar-refractivity contribution in [2.24, 2.45) is 0 Å². The van der Waals surface area contributed by atoms with Gasteiger partial charge in [0.05, 0.1) is 4.90 Å². The Balaban J connectivity index is 2.31. The van der Waals surface area contributed by atoms with Crippen LogP contribution in [0.3, 0.4) is 0 Å². The fourth-order valence-electron chi connectivity index (χ4n) is 1.98. The Morgan fingerprint density at radius 3 is 2.53 bits per heavy atom. The number of nitrogens with zero attached hydrogens (tertiary/aromatic N) is 1. The second kappa shape index (κ2) is 5.45. The second-order valence-corrected chi connectivity index (χ2v) is 7.45. The molecule has 0 unspecified atom stereocenters. The molecule has 0 saturated heterocycles. The number of hydrogen-bond donors (Lipinski definition) is 0. The third-order valence-corrected chi connectivity index (χ3v) is 5.70. The lowest BCUT2D eigenvalue weighted by atomic mass is 10.2. The minimum atomic E-state index is -3.42. The zero-order valence-corrected chi connectivity index (χ0v) is 12.9. The van der Waals surface area contributed by atoms with E-state index in [-0.39, 0.29) is 0 Å². The number of rotatable bonds is 4. The summed E-state index contributed by atoms with van der Waals surface area (Å²) in [5.74, 6) is 0. The summed E-state index contributed by atoms with van der Waals surface area (Å²) < 4.78 is 26.4. The molecule has 0 N–H and O–H groups in total. The maximum atomic E-state index is 12.5. The summed E-state index contributed by atoms with van der Waals surface area (Å²) in [5, 5.41) is 3.92. The topological polar surface area (TPSA) is 37.4 Å². The normalized spacial score (nSPS) is 12.0. The summed E-state index contributed by atoms with van der Waals surface area (Å²) in [6.07, 6.45) is 0. The third kappa shape index (κ3) is 3.05. The third-order valence-electron chi connectivity index (χ3n) is 3.00. The SMILES string of the molecule is Cc1ccc(S(=O)(=O)N(C)Cc2ccsc2)c(C)c1. The quantitative estimate of drug-likeness (QED) is 0.868. The summed E-state index contributed by atoms with van der Waals surface area (Å²) in [4.78, 5) is 0.385. The molecular formula is C14H17NO2S2. The number of sulfonamides is 1. The van der Waals surface area contributed by atoms with E-state index in [1.807, 2.05) is 42.8 Å². The van der Waals surface area contributed by atoms with E-state index < -0.39 is 10.0 Å². The van der Waals surface area contributed by atoms with Gasteiger partial charge in [-0.2, -0.15) is 15.6 Å². The Morgan fingerprint density at radius 2 is 1.95 bits per heavy atom. The molecule has 0 aliphatic rings. The first-order valence-electron chi connectivity index (χ1n) is 5.96. The van der Waals surface area contributed by atoms with E-state index in [2.05, 4.69) is 0 Å². The largest absolute Gasteiger partial charge is 0.243 e. The van der Waals surface area contributed by atoms with Crippen LogP contribution in [0, 0.1) is 13.8 Å². The monoisotopic (exact) mass is 295 g/mol. The van der Waals surface area contributed by atoms with Crippen molar-refractivity contribution in [1.29, 1.82) is 0 Å². The second-order valence-electron chi connectivity index (χ2n) is 4.66. The minimum Gasteiger partial charge on any atom is -0.207 e. The highest BCUT2D eigenvalue weighted by molar-refractivity contribution is 7.89. The van der Waals surface area contributed by atoms with Crippen molar-refractivity contribution in [2.45, 2.75) is 25.3 Å². The van der Waals surface area contributed by atoms with Crippen molar-refractivity contribution in [3.8, 4) is 0 Å². The first-order chi connectivity index (χ1) is 8.91. The van der Waals surface area contributed by atoms with Crippen molar-refractivity contribution in [1.82, 2.24) is 4.31 Å². The van der Waals surface area contributed by atoms with Gasteiger partial charge in [-0.05, 0) is 47.9 Å². The van der Waals surface area contributed by atoms with Gasteiger partial charge >= 0.3 is 0 Å². The molecule has 1 aromatic heterocycles. The molecule has 3 nitrogen and oxygen atoms in total. The fraction of sp³-hybridized carbons (Fsp3) is 0.286. The van der Waals surface area contributed by atoms with Crippen molar-refractivity contribution in [2.75, 3.05) is 7.05 Å². The summed E-state index contributed by atoms with van der Waals surface area (Å²) in [6, 6.07) is 7.35. The Labute approximate surface area is 118 Å². The van der Waals surface area contributed by atoms with Gasteiger partial charge in [0.25, 0.3) is 0 Å². The van der Waals surface area contributed by atoms with Crippen LogP contribution in [0.5, 0.6) is 0 Å². The summed E-state index contributed by atoms with van der Waals surface area (Å²) in [7, 11) is -1.81. The molecule has 1 aromatic carbocycles. The van der Waals surface area contributed by atoms with Gasteiger partial charge < -0.3 is 0 Å². The van der Waals surface area contributed by atoms with Gasteiger partial charge in [-0.1, -0.05) is 17.7 Å². The molecule has 0 atom stereocenters. The van der Waals surface area contributed by atoms with E-state index in [1.165, 1.54) is 4.31 Å². The molecule has 0 bridgehead atoms. The van der Waals surface area contributed by atoms with Crippen LogP contribution in [0.1, 0.15) is 16.7 Å². The van der Waals surface area contributed by atoms with Gasteiger partial charge in [-0.3, -0.25) is 0 Å². The van der Waals surface area contributed by atoms with Crippen LogP contribution >= 0.6 is 11.3 Å². The van der Waals surface area contributed by atoms with Crippen molar-refractivity contribution >= 4 is 21.4 Å². The highest BCUT2D eigenvalue weighted by Gasteiger charge is 2.22. The molecular weight excluding hydrogens is 278 g/mol. The standard InChI is InChI=1S/C14H17NO2S2/c1-11-4-5-14(12(2)8-11)19(16,17)15(3)9-13-6-7-18-10-13/h4-8,10H,9H2,1-3H3.